The van der Waals surface area contributed by atoms with Crippen LogP contribution in [0.3, 0.4) is 0 Å². The number of rotatable bonds is 5. The molecule has 0 aliphatic carbocycles. The highest BCUT2D eigenvalue weighted by atomic mass is 32.2. The van der Waals surface area contributed by atoms with Crippen LogP contribution in [0.15, 0.2) is 0 Å². The Morgan fingerprint density at radius 1 is 1.50 bits per heavy atom. The lowest BCUT2D eigenvalue weighted by Gasteiger charge is -2.34. The fourth-order valence-corrected chi connectivity index (χ4v) is 3.85. The smallest absolute Gasteiger partial charge is 0.281 e. The summed E-state index contributed by atoms with van der Waals surface area (Å²) in [6.07, 6.45) is 2.27. The van der Waals surface area contributed by atoms with E-state index in [1.807, 2.05) is 6.92 Å². The minimum absolute atomic E-state index is 0.202. The lowest BCUT2D eigenvalue weighted by Crippen LogP contribution is -2.48. The fraction of sp³-hybridized carbons (Fsp3) is 0.909. The van der Waals surface area contributed by atoms with Crippen molar-refractivity contribution < 1.29 is 8.42 Å². The molecule has 7 heteroatoms. The molecule has 1 rings (SSSR count). The molecule has 2 N–H and O–H groups in total. The number of hydrogen-bond acceptors (Lipinski definition) is 3. The molecule has 0 spiro atoms. The molecule has 1 heterocycles. The van der Waals surface area contributed by atoms with Crippen molar-refractivity contribution in [1.29, 1.82) is 0 Å². The summed E-state index contributed by atoms with van der Waals surface area (Å²) in [6.45, 7) is 5.19. The first kappa shape index (κ1) is 15.8. The molecule has 1 unspecified atom stereocenters. The van der Waals surface area contributed by atoms with Gasteiger partial charge in [-0.1, -0.05) is 19.1 Å². The molecule has 18 heavy (non-hydrogen) atoms. The second-order valence-electron chi connectivity index (χ2n) is 5.13. The Morgan fingerprint density at radius 2 is 2.00 bits per heavy atom. The molecule has 0 aromatic heterocycles. The molecule has 0 aromatic rings. The van der Waals surface area contributed by atoms with Gasteiger partial charge in [-0.05, 0) is 25.7 Å². The van der Waals surface area contributed by atoms with Crippen LogP contribution in [0.5, 0.6) is 0 Å². The Bertz CT molecular complexity index is 389. The van der Waals surface area contributed by atoms with E-state index < -0.39 is 10.2 Å². The normalized spacial score (nSPS) is 21.1. The number of nitrogens with two attached hydrogens (primary N) is 1. The van der Waals surface area contributed by atoms with Crippen LogP contribution in [-0.2, 0) is 10.2 Å². The summed E-state index contributed by atoms with van der Waals surface area (Å²) in [7, 11) is -1.79. The van der Waals surface area contributed by atoms with E-state index in [0.717, 1.165) is 12.8 Å². The van der Waals surface area contributed by atoms with Gasteiger partial charge in [-0.2, -0.15) is 17.0 Å². The summed E-state index contributed by atoms with van der Waals surface area (Å²) >= 11 is 4.83. The molecule has 106 valence electrons. The standard InChI is InChI=1S/C11H23N3O2S2/c1-9-4-6-14(7-5-9)18(15,16)13(3)10(2)8-11(12)17/h9-10H,4-8H2,1-3H3,(H2,12,17). The summed E-state index contributed by atoms with van der Waals surface area (Å²) in [5.41, 5.74) is 5.47. The van der Waals surface area contributed by atoms with Crippen molar-refractivity contribution in [2.75, 3.05) is 20.1 Å². The van der Waals surface area contributed by atoms with Crippen molar-refractivity contribution in [3.05, 3.63) is 0 Å². The molecule has 0 bridgehead atoms. The average Bonchev–Trinajstić information content (AvgIpc) is 2.27. The van der Waals surface area contributed by atoms with E-state index in [1.54, 1.807) is 11.4 Å². The van der Waals surface area contributed by atoms with E-state index in [9.17, 15) is 8.42 Å². The van der Waals surface area contributed by atoms with Crippen LogP contribution in [0.4, 0.5) is 0 Å². The molecule has 1 aliphatic heterocycles. The Kier molecular flexibility index (Phi) is 5.51. The summed E-state index contributed by atoms with van der Waals surface area (Å²) in [5.74, 6) is 0.607. The van der Waals surface area contributed by atoms with Gasteiger partial charge in [0.05, 0.1) is 4.99 Å². The first-order chi connectivity index (χ1) is 8.25. The molecule has 1 atom stereocenters. The molecule has 1 aliphatic rings. The Balaban J connectivity index is 2.70. The summed E-state index contributed by atoms with van der Waals surface area (Å²) < 4.78 is 27.7. The van der Waals surface area contributed by atoms with Gasteiger partial charge in [0.1, 0.15) is 0 Å². The fourth-order valence-electron chi connectivity index (χ4n) is 2.04. The number of piperidine rings is 1. The zero-order valence-electron chi connectivity index (χ0n) is 11.3. The van der Waals surface area contributed by atoms with Gasteiger partial charge in [-0.25, -0.2) is 0 Å². The van der Waals surface area contributed by atoms with Crippen LogP contribution >= 0.6 is 12.2 Å². The first-order valence-corrected chi connectivity index (χ1v) is 8.07. The van der Waals surface area contributed by atoms with Gasteiger partial charge in [0, 0.05) is 32.6 Å². The van der Waals surface area contributed by atoms with Crippen molar-refractivity contribution in [2.24, 2.45) is 11.7 Å². The van der Waals surface area contributed by atoms with E-state index in [-0.39, 0.29) is 6.04 Å². The highest BCUT2D eigenvalue weighted by Crippen LogP contribution is 2.21. The SMILES string of the molecule is CC1CCN(S(=O)(=O)N(C)C(C)CC(N)=S)CC1. The van der Waals surface area contributed by atoms with E-state index in [2.05, 4.69) is 6.92 Å². The van der Waals surface area contributed by atoms with Crippen LogP contribution in [0.25, 0.3) is 0 Å². The summed E-state index contributed by atoms with van der Waals surface area (Å²) in [4.78, 5) is 0.344. The quantitative estimate of drug-likeness (QED) is 0.767. The molecule has 0 radical (unpaired) electrons. The molecular formula is C11H23N3O2S2. The van der Waals surface area contributed by atoms with Crippen molar-refractivity contribution in [3.8, 4) is 0 Å². The molecule has 0 saturated carbocycles. The monoisotopic (exact) mass is 293 g/mol. The first-order valence-electron chi connectivity index (χ1n) is 6.26. The van der Waals surface area contributed by atoms with E-state index >= 15 is 0 Å². The zero-order valence-corrected chi connectivity index (χ0v) is 12.9. The molecule has 0 aromatic carbocycles. The molecule has 1 saturated heterocycles. The molecule has 0 amide bonds. The second kappa shape index (κ2) is 6.27. The number of hydrogen-bond donors (Lipinski definition) is 1. The second-order valence-corrected chi connectivity index (χ2v) is 7.64. The van der Waals surface area contributed by atoms with E-state index in [1.165, 1.54) is 4.31 Å². The van der Waals surface area contributed by atoms with Gasteiger partial charge in [0.15, 0.2) is 0 Å². The minimum Gasteiger partial charge on any atom is -0.393 e. The highest BCUT2D eigenvalue weighted by molar-refractivity contribution is 7.86. The number of thiocarbonyl (C=S) groups is 1. The predicted octanol–water partition coefficient (Wildman–Crippen LogP) is 0.960. The molecule has 1 fully saturated rings. The molecule has 5 nitrogen and oxygen atoms in total. The van der Waals surface area contributed by atoms with Gasteiger partial charge >= 0.3 is 0 Å². The van der Waals surface area contributed by atoms with Crippen molar-refractivity contribution in [1.82, 2.24) is 8.61 Å². The summed E-state index contributed by atoms with van der Waals surface area (Å²) in [6, 6.07) is -0.202. The topological polar surface area (TPSA) is 66.6 Å². The summed E-state index contributed by atoms with van der Waals surface area (Å²) in [5, 5.41) is 0. The Hall–Kier alpha value is -0.240. The van der Waals surface area contributed by atoms with Crippen LogP contribution in [-0.4, -0.2) is 48.2 Å². The van der Waals surface area contributed by atoms with Crippen LogP contribution in [0.2, 0.25) is 0 Å². The van der Waals surface area contributed by atoms with Crippen LogP contribution < -0.4 is 5.73 Å². The van der Waals surface area contributed by atoms with Gasteiger partial charge < -0.3 is 5.73 Å². The maximum absolute atomic E-state index is 12.4. The highest BCUT2D eigenvalue weighted by Gasteiger charge is 2.32. The van der Waals surface area contributed by atoms with E-state index in [0.29, 0.717) is 30.4 Å². The lowest BCUT2D eigenvalue weighted by molar-refractivity contribution is 0.261. The van der Waals surface area contributed by atoms with E-state index in [4.69, 9.17) is 18.0 Å². The Labute approximate surface area is 115 Å². The number of nitrogens with zero attached hydrogens (tertiary/aromatic N) is 2. The third-order valence-electron chi connectivity index (χ3n) is 3.55. The minimum atomic E-state index is -3.38. The van der Waals surface area contributed by atoms with Crippen LogP contribution in [0, 0.1) is 5.92 Å². The van der Waals surface area contributed by atoms with Gasteiger partial charge in [-0.3, -0.25) is 0 Å². The maximum Gasteiger partial charge on any atom is 0.281 e. The third kappa shape index (κ3) is 3.88. The van der Waals surface area contributed by atoms with Crippen molar-refractivity contribution in [3.63, 3.8) is 0 Å². The maximum atomic E-state index is 12.4. The third-order valence-corrected chi connectivity index (χ3v) is 5.82. The average molecular weight is 293 g/mol. The molecular weight excluding hydrogens is 270 g/mol. The Morgan fingerprint density at radius 3 is 2.44 bits per heavy atom. The van der Waals surface area contributed by atoms with Crippen molar-refractivity contribution >= 4 is 27.4 Å². The van der Waals surface area contributed by atoms with Crippen molar-refractivity contribution in [2.45, 2.75) is 39.2 Å². The van der Waals surface area contributed by atoms with Gasteiger partial charge in [0.25, 0.3) is 10.2 Å². The largest absolute Gasteiger partial charge is 0.393 e. The van der Waals surface area contributed by atoms with Gasteiger partial charge in [-0.15, -0.1) is 0 Å². The zero-order chi connectivity index (χ0) is 13.9. The van der Waals surface area contributed by atoms with Gasteiger partial charge in [0.2, 0.25) is 0 Å². The predicted molar refractivity (Wildman–Crippen MR) is 77.5 cm³/mol. The lowest BCUT2D eigenvalue weighted by atomic mass is 10.0. The van der Waals surface area contributed by atoms with Crippen LogP contribution in [0.1, 0.15) is 33.1 Å².